The summed E-state index contributed by atoms with van der Waals surface area (Å²) in [5.41, 5.74) is 0. The molecule has 0 spiro atoms. The summed E-state index contributed by atoms with van der Waals surface area (Å²) in [5, 5.41) is 3.03. The zero-order chi connectivity index (χ0) is 19.0. The highest BCUT2D eigenvalue weighted by atomic mass is 32.2. The number of rotatable bonds is 6. The minimum Gasteiger partial charge on any atom is -0.486 e. The molecule has 0 radical (unpaired) electrons. The van der Waals surface area contributed by atoms with Crippen LogP contribution in [0.3, 0.4) is 0 Å². The van der Waals surface area contributed by atoms with Crippen LogP contribution in [0.5, 0.6) is 11.5 Å². The van der Waals surface area contributed by atoms with Crippen LogP contribution in [0.4, 0.5) is 0 Å². The lowest BCUT2D eigenvalue weighted by molar-refractivity contribution is -0.121. The number of ether oxygens (including phenoxy) is 2. The van der Waals surface area contributed by atoms with Crippen LogP contribution in [0.15, 0.2) is 23.1 Å². The summed E-state index contributed by atoms with van der Waals surface area (Å²) in [6, 6.07) is 4.72. The first-order chi connectivity index (χ1) is 12.9. The van der Waals surface area contributed by atoms with Crippen molar-refractivity contribution < 1.29 is 22.7 Å². The maximum Gasteiger partial charge on any atom is 0.221 e. The Labute approximate surface area is 160 Å². The molecule has 1 aromatic rings. The van der Waals surface area contributed by atoms with Gasteiger partial charge in [0.05, 0.1) is 10.6 Å². The van der Waals surface area contributed by atoms with Crippen LogP contribution >= 0.6 is 0 Å². The van der Waals surface area contributed by atoms with Gasteiger partial charge in [-0.3, -0.25) is 4.79 Å². The summed E-state index contributed by atoms with van der Waals surface area (Å²) >= 11 is 0. The Morgan fingerprint density at radius 1 is 1.19 bits per heavy atom. The molecule has 1 aliphatic heterocycles. The van der Waals surface area contributed by atoms with Gasteiger partial charge in [-0.1, -0.05) is 6.42 Å². The molecule has 2 saturated carbocycles. The van der Waals surface area contributed by atoms with Crippen LogP contribution in [0.25, 0.3) is 0 Å². The van der Waals surface area contributed by atoms with Crippen molar-refractivity contribution in [3.63, 3.8) is 0 Å². The number of nitrogens with one attached hydrogen (secondary N) is 1. The topological polar surface area (TPSA) is 81.7 Å². The SMILES string of the molecule is C[C@H](NC(=O)CCS(=O)(=O)c1ccc2c(c1)OCCO2)[C@@H]1C[C@H]2CC[C@H]1C2. The second-order valence-electron chi connectivity index (χ2n) is 8.07. The van der Waals surface area contributed by atoms with E-state index in [1.165, 1.54) is 37.8 Å². The number of fused-ring (bicyclic) bond motifs is 3. The van der Waals surface area contributed by atoms with Crippen molar-refractivity contribution in [2.24, 2.45) is 17.8 Å². The molecule has 4 atom stereocenters. The number of hydrogen-bond donors (Lipinski definition) is 1. The molecule has 7 heteroatoms. The molecule has 0 unspecified atom stereocenters. The maximum atomic E-state index is 12.6. The molecule has 3 aliphatic rings. The van der Waals surface area contributed by atoms with Crippen LogP contribution in [-0.2, 0) is 14.6 Å². The first-order valence-electron chi connectivity index (χ1n) is 9.84. The first kappa shape index (κ1) is 18.6. The summed E-state index contributed by atoms with van der Waals surface area (Å²) in [6.07, 6.45) is 5.07. The zero-order valence-electron chi connectivity index (χ0n) is 15.6. The van der Waals surface area contributed by atoms with Crippen molar-refractivity contribution in [3.8, 4) is 11.5 Å². The third kappa shape index (κ3) is 3.93. The van der Waals surface area contributed by atoms with Crippen molar-refractivity contribution in [2.75, 3.05) is 19.0 Å². The number of benzene rings is 1. The van der Waals surface area contributed by atoms with Crippen LogP contribution in [0.2, 0.25) is 0 Å². The van der Waals surface area contributed by atoms with Crippen molar-refractivity contribution in [1.82, 2.24) is 5.32 Å². The highest BCUT2D eigenvalue weighted by molar-refractivity contribution is 7.91. The van der Waals surface area contributed by atoms with Gasteiger partial charge in [0.15, 0.2) is 21.3 Å². The summed E-state index contributed by atoms with van der Waals surface area (Å²) in [7, 11) is -3.55. The van der Waals surface area contributed by atoms with Crippen molar-refractivity contribution in [3.05, 3.63) is 18.2 Å². The number of sulfone groups is 1. The largest absolute Gasteiger partial charge is 0.486 e. The van der Waals surface area contributed by atoms with Crippen molar-refractivity contribution >= 4 is 15.7 Å². The van der Waals surface area contributed by atoms with Gasteiger partial charge >= 0.3 is 0 Å². The third-order valence-electron chi connectivity index (χ3n) is 6.29. The van der Waals surface area contributed by atoms with E-state index in [1.54, 1.807) is 6.07 Å². The van der Waals surface area contributed by atoms with E-state index in [0.717, 1.165) is 11.8 Å². The second-order valence-corrected chi connectivity index (χ2v) is 10.2. The highest BCUT2D eigenvalue weighted by Crippen LogP contribution is 2.49. The summed E-state index contributed by atoms with van der Waals surface area (Å²) < 4.78 is 36.1. The Morgan fingerprint density at radius 2 is 1.96 bits per heavy atom. The molecule has 27 heavy (non-hydrogen) atoms. The molecule has 1 N–H and O–H groups in total. The Kier molecular flexibility index (Phi) is 5.05. The van der Waals surface area contributed by atoms with E-state index in [0.29, 0.717) is 30.6 Å². The van der Waals surface area contributed by atoms with E-state index in [-0.39, 0.29) is 29.0 Å². The lowest BCUT2D eigenvalue weighted by Crippen LogP contribution is -2.40. The lowest BCUT2D eigenvalue weighted by Gasteiger charge is -2.28. The predicted octanol–water partition coefficient (Wildman–Crippen LogP) is 2.56. The molecule has 4 rings (SSSR count). The fraction of sp³-hybridized carbons (Fsp3) is 0.650. The second kappa shape index (κ2) is 7.34. The van der Waals surface area contributed by atoms with Gasteiger partial charge in [-0.05, 0) is 56.1 Å². The number of carbonyl (C=O) groups is 1. The Hall–Kier alpha value is -1.76. The smallest absolute Gasteiger partial charge is 0.221 e. The van der Waals surface area contributed by atoms with Gasteiger partial charge in [-0.2, -0.15) is 0 Å². The van der Waals surface area contributed by atoms with Gasteiger partial charge in [-0.15, -0.1) is 0 Å². The van der Waals surface area contributed by atoms with Crippen LogP contribution in [0, 0.1) is 17.8 Å². The van der Waals surface area contributed by atoms with Crippen molar-refractivity contribution in [2.45, 2.75) is 50.0 Å². The fourth-order valence-electron chi connectivity index (χ4n) is 4.90. The molecule has 0 saturated heterocycles. The molecule has 2 bridgehead atoms. The van der Waals surface area contributed by atoms with E-state index in [2.05, 4.69) is 12.2 Å². The molecule has 0 aromatic heterocycles. The van der Waals surface area contributed by atoms with Crippen LogP contribution < -0.4 is 14.8 Å². The van der Waals surface area contributed by atoms with E-state index >= 15 is 0 Å². The molecule has 1 amide bonds. The van der Waals surface area contributed by atoms with Gasteiger partial charge in [0, 0.05) is 18.5 Å². The molecule has 1 heterocycles. The fourth-order valence-corrected chi connectivity index (χ4v) is 6.15. The van der Waals surface area contributed by atoms with Gasteiger partial charge in [0.1, 0.15) is 13.2 Å². The van der Waals surface area contributed by atoms with E-state index < -0.39 is 9.84 Å². The number of amides is 1. The maximum absolute atomic E-state index is 12.6. The number of carbonyl (C=O) groups excluding carboxylic acids is 1. The molecule has 1 aromatic carbocycles. The van der Waals surface area contributed by atoms with Gasteiger partial charge in [0.2, 0.25) is 5.91 Å². The normalized spacial score (nSPS) is 27.4. The van der Waals surface area contributed by atoms with Gasteiger partial charge in [-0.25, -0.2) is 8.42 Å². The monoisotopic (exact) mass is 393 g/mol. The Bertz CT molecular complexity index is 822. The molecule has 6 nitrogen and oxygen atoms in total. The first-order valence-corrected chi connectivity index (χ1v) is 11.5. The standard InChI is InChI=1S/C20H27NO5S/c1-13(17-11-14-2-3-15(17)10-14)21-20(22)6-9-27(23,24)16-4-5-18-19(12-16)26-8-7-25-18/h4-5,12-15,17H,2-3,6-11H2,1H3,(H,21,22)/t13-,14-,15-,17-/m0/s1. The van der Waals surface area contributed by atoms with Gasteiger partial charge in [0.25, 0.3) is 0 Å². The lowest BCUT2D eigenvalue weighted by atomic mass is 9.84. The highest BCUT2D eigenvalue weighted by Gasteiger charge is 2.42. The molecule has 2 aliphatic carbocycles. The summed E-state index contributed by atoms with van der Waals surface area (Å²) in [4.78, 5) is 12.5. The third-order valence-corrected chi connectivity index (χ3v) is 8.01. The Balaban J connectivity index is 1.32. The molecular formula is C20H27NO5S. The molecule has 148 valence electrons. The minimum absolute atomic E-state index is 0.0259. The van der Waals surface area contributed by atoms with E-state index in [9.17, 15) is 13.2 Å². The molecular weight excluding hydrogens is 366 g/mol. The number of hydrogen-bond acceptors (Lipinski definition) is 5. The predicted molar refractivity (Wildman–Crippen MR) is 101 cm³/mol. The van der Waals surface area contributed by atoms with Crippen molar-refractivity contribution in [1.29, 1.82) is 0 Å². The Morgan fingerprint density at radius 3 is 2.67 bits per heavy atom. The molecule has 2 fully saturated rings. The summed E-state index contributed by atoms with van der Waals surface area (Å²) in [5.74, 6) is 2.70. The average Bonchev–Trinajstić information content (AvgIpc) is 3.29. The van der Waals surface area contributed by atoms with E-state index in [1.807, 2.05) is 0 Å². The van der Waals surface area contributed by atoms with Crippen LogP contribution in [-0.4, -0.2) is 39.3 Å². The average molecular weight is 394 g/mol. The van der Waals surface area contributed by atoms with E-state index in [4.69, 9.17) is 9.47 Å². The van der Waals surface area contributed by atoms with Gasteiger partial charge < -0.3 is 14.8 Å². The zero-order valence-corrected chi connectivity index (χ0v) is 16.5. The minimum atomic E-state index is -3.55. The van der Waals surface area contributed by atoms with Crippen LogP contribution in [0.1, 0.15) is 39.0 Å². The quantitative estimate of drug-likeness (QED) is 0.803. The summed E-state index contributed by atoms with van der Waals surface area (Å²) in [6.45, 7) is 2.92.